The van der Waals surface area contributed by atoms with Crippen LogP contribution in [0.2, 0.25) is 0 Å². The van der Waals surface area contributed by atoms with Crippen molar-refractivity contribution in [1.82, 2.24) is 13.5 Å². The summed E-state index contributed by atoms with van der Waals surface area (Å²) in [6.45, 7) is 9.01. The van der Waals surface area contributed by atoms with Crippen LogP contribution in [-0.4, -0.2) is 82.9 Å². The molecule has 0 N–H and O–H groups in total. The van der Waals surface area contributed by atoms with Crippen LogP contribution >= 0.6 is 0 Å². The van der Waals surface area contributed by atoms with Crippen LogP contribution in [-0.2, 0) is 25.5 Å². The van der Waals surface area contributed by atoms with Gasteiger partial charge in [-0.1, -0.05) is 32.9 Å². The van der Waals surface area contributed by atoms with Gasteiger partial charge in [0, 0.05) is 40.3 Å². The molecule has 0 amide bonds. The lowest BCUT2D eigenvalue weighted by Crippen LogP contribution is -2.48. The molecule has 0 aliphatic carbocycles. The predicted molar refractivity (Wildman–Crippen MR) is 112 cm³/mol. The first-order valence-electron chi connectivity index (χ1n) is 9.57. The maximum Gasteiger partial charge on any atom is 0.243 e. The minimum absolute atomic E-state index is 0.0199. The number of hydrogen-bond acceptors (Lipinski definition) is 5. The van der Waals surface area contributed by atoms with Crippen molar-refractivity contribution in [2.45, 2.75) is 37.5 Å². The van der Waals surface area contributed by atoms with Crippen molar-refractivity contribution in [2.24, 2.45) is 0 Å². The average molecular weight is 432 g/mol. The van der Waals surface area contributed by atoms with Crippen LogP contribution in [0.3, 0.4) is 0 Å². The molecule has 160 valence electrons. The molecule has 0 atom stereocenters. The molecule has 1 heterocycles. The summed E-state index contributed by atoms with van der Waals surface area (Å²) in [4.78, 5) is 2.45. The van der Waals surface area contributed by atoms with Crippen molar-refractivity contribution < 1.29 is 16.8 Å². The van der Waals surface area contributed by atoms with E-state index in [9.17, 15) is 16.8 Å². The van der Waals surface area contributed by atoms with Crippen molar-refractivity contribution in [3.05, 3.63) is 29.8 Å². The van der Waals surface area contributed by atoms with Gasteiger partial charge in [-0.25, -0.2) is 21.1 Å². The standard InChI is InChI=1S/C19H33N3O4S2/c1-19(2,3)17-7-9-18(10-8-17)28(25,26)22-14-12-21(13-15-22)11-6-16-27(23,24)20(4)5/h7-10H,6,11-16H2,1-5H3. The van der Waals surface area contributed by atoms with E-state index in [-0.39, 0.29) is 11.2 Å². The molecule has 0 unspecified atom stereocenters. The van der Waals surface area contributed by atoms with E-state index in [0.29, 0.717) is 44.0 Å². The fourth-order valence-corrected chi connectivity index (χ4v) is 5.40. The maximum absolute atomic E-state index is 12.9. The van der Waals surface area contributed by atoms with Crippen LogP contribution in [0.4, 0.5) is 0 Å². The van der Waals surface area contributed by atoms with Crippen LogP contribution in [0.25, 0.3) is 0 Å². The number of benzene rings is 1. The largest absolute Gasteiger partial charge is 0.301 e. The van der Waals surface area contributed by atoms with Crippen LogP contribution in [0, 0.1) is 0 Å². The molecule has 0 bridgehead atoms. The minimum atomic E-state index is -3.50. The number of piperazine rings is 1. The van der Waals surface area contributed by atoms with Gasteiger partial charge in [-0.05, 0) is 36.1 Å². The first-order valence-corrected chi connectivity index (χ1v) is 12.6. The Kier molecular flexibility index (Phi) is 7.31. The highest BCUT2D eigenvalue weighted by atomic mass is 32.2. The molecule has 0 saturated carbocycles. The van der Waals surface area contributed by atoms with E-state index in [1.54, 1.807) is 12.1 Å². The summed E-state index contributed by atoms with van der Waals surface area (Å²) in [5.74, 6) is 0.110. The molecule has 1 saturated heterocycles. The van der Waals surface area contributed by atoms with Crippen molar-refractivity contribution in [3.8, 4) is 0 Å². The fraction of sp³-hybridized carbons (Fsp3) is 0.684. The lowest BCUT2D eigenvalue weighted by atomic mass is 9.87. The quantitative estimate of drug-likeness (QED) is 0.655. The Morgan fingerprint density at radius 1 is 0.929 bits per heavy atom. The Bertz CT molecular complexity index is 849. The predicted octanol–water partition coefficient (Wildman–Crippen LogP) is 1.57. The zero-order valence-corrected chi connectivity index (χ0v) is 19.2. The Morgan fingerprint density at radius 2 is 1.46 bits per heavy atom. The smallest absolute Gasteiger partial charge is 0.243 e. The summed E-state index contributed by atoms with van der Waals surface area (Å²) in [5, 5.41) is 0. The van der Waals surface area contributed by atoms with Crippen molar-refractivity contribution in [3.63, 3.8) is 0 Å². The summed E-state index contributed by atoms with van der Waals surface area (Å²) in [5.41, 5.74) is 1.08. The fourth-order valence-electron chi connectivity index (χ4n) is 3.12. The topological polar surface area (TPSA) is 78.0 Å². The number of rotatable bonds is 7. The molecule has 1 aliphatic heterocycles. The Balaban J connectivity index is 1.91. The lowest BCUT2D eigenvalue weighted by molar-refractivity contribution is 0.189. The third kappa shape index (κ3) is 5.76. The van der Waals surface area contributed by atoms with E-state index in [1.807, 2.05) is 12.1 Å². The summed E-state index contributed by atoms with van der Waals surface area (Å²) in [6, 6.07) is 7.14. The van der Waals surface area contributed by atoms with E-state index in [1.165, 1.54) is 22.7 Å². The second-order valence-electron chi connectivity index (χ2n) is 8.47. The average Bonchev–Trinajstić information content (AvgIpc) is 2.61. The summed E-state index contributed by atoms with van der Waals surface area (Å²) < 4.78 is 52.2. The molecule has 1 aromatic rings. The third-order valence-electron chi connectivity index (χ3n) is 5.12. The van der Waals surface area contributed by atoms with Gasteiger partial charge in [-0.15, -0.1) is 0 Å². The van der Waals surface area contributed by atoms with Gasteiger partial charge in [0.25, 0.3) is 0 Å². The second-order valence-corrected chi connectivity index (χ2v) is 12.7. The molecule has 7 nitrogen and oxygen atoms in total. The lowest BCUT2D eigenvalue weighted by Gasteiger charge is -2.34. The van der Waals surface area contributed by atoms with E-state index in [2.05, 4.69) is 25.7 Å². The van der Waals surface area contributed by atoms with Gasteiger partial charge >= 0.3 is 0 Å². The number of nitrogens with zero attached hydrogens (tertiary/aromatic N) is 3. The SMILES string of the molecule is CN(C)S(=O)(=O)CCCN1CCN(S(=O)(=O)c2ccc(C(C)(C)C)cc2)CC1. The molecular weight excluding hydrogens is 398 g/mol. The number of hydrogen-bond donors (Lipinski definition) is 0. The van der Waals surface area contributed by atoms with Crippen molar-refractivity contribution >= 4 is 20.0 Å². The van der Waals surface area contributed by atoms with Crippen LogP contribution < -0.4 is 0 Å². The maximum atomic E-state index is 12.9. The van der Waals surface area contributed by atoms with Crippen molar-refractivity contribution in [2.75, 3.05) is 52.6 Å². The van der Waals surface area contributed by atoms with Gasteiger partial charge in [0.2, 0.25) is 20.0 Å². The van der Waals surface area contributed by atoms with Gasteiger partial charge in [0.15, 0.2) is 0 Å². The van der Waals surface area contributed by atoms with Crippen molar-refractivity contribution in [1.29, 1.82) is 0 Å². The van der Waals surface area contributed by atoms with Gasteiger partial charge < -0.3 is 4.90 Å². The molecule has 1 fully saturated rings. The summed E-state index contributed by atoms with van der Waals surface area (Å²) in [7, 11) is -3.61. The summed E-state index contributed by atoms with van der Waals surface area (Å²) >= 11 is 0. The Hall–Kier alpha value is -1.00. The number of sulfonamides is 2. The van der Waals surface area contributed by atoms with Gasteiger partial charge in [0.05, 0.1) is 10.6 Å². The molecule has 0 spiro atoms. The molecule has 1 aliphatic rings. The third-order valence-corrected chi connectivity index (χ3v) is 8.95. The molecule has 28 heavy (non-hydrogen) atoms. The highest BCUT2D eigenvalue weighted by Crippen LogP contribution is 2.25. The first kappa shape index (κ1) is 23.3. The molecular formula is C19H33N3O4S2. The Morgan fingerprint density at radius 3 is 1.93 bits per heavy atom. The molecule has 9 heteroatoms. The minimum Gasteiger partial charge on any atom is -0.301 e. The van der Waals surface area contributed by atoms with E-state index in [0.717, 1.165) is 5.56 Å². The van der Waals surface area contributed by atoms with E-state index >= 15 is 0 Å². The Labute approximate surface area is 170 Å². The normalized spacial score (nSPS) is 17.9. The van der Waals surface area contributed by atoms with Crippen LogP contribution in [0.1, 0.15) is 32.8 Å². The highest BCUT2D eigenvalue weighted by molar-refractivity contribution is 7.89. The molecule has 1 aromatic carbocycles. The van der Waals surface area contributed by atoms with E-state index < -0.39 is 20.0 Å². The van der Waals surface area contributed by atoms with Gasteiger partial charge in [-0.3, -0.25) is 0 Å². The summed E-state index contributed by atoms with van der Waals surface area (Å²) in [6.07, 6.45) is 0.543. The first-order chi connectivity index (χ1) is 12.8. The van der Waals surface area contributed by atoms with E-state index in [4.69, 9.17) is 0 Å². The van der Waals surface area contributed by atoms with Gasteiger partial charge in [0.1, 0.15) is 0 Å². The monoisotopic (exact) mass is 431 g/mol. The molecule has 0 radical (unpaired) electrons. The van der Waals surface area contributed by atoms with Crippen LogP contribution in [0.15, 0.2) is 29.2 Å². The molecule has 2 rings (SSSR count). The highest BCUT2D eigenvalue weighted by Gasteiger charge is 2.29. The molecule has 0 aromatic heterocycles. The second kappa shape index (κ2) is 8.79. The zero-order chi connectivity index (χ0) is 21.2. The van der Waals surface area contributed by atoms with Crippen LogP contribution in [0.5, 0.6) is 0 Å². The van der Waals surface area contributed by atoms with Gasteiger partial charge in [-0.2, -0.15) is 4.31 Å². The zero-order valence-electron chi connectivity index (χ0n) is 17.6.